The molecule has 0 aromatic carbocycles. The van der Waals surface area contributed by atoms with Crippen LogP contribution in [0, 0.1) is 0 Å². The molecule has 0 aliphatic carbocycles. The van der Waals surface area contributed by atoms with Gasteiger partial charge in [0.1, 0.15) is 5.75 Å². The number of pyridine rings is 2. The largest absolute Gasteiger partial charge is 0.492 e. The number of ether oxygens (including phenoxy) is 2. The van der Waals surface area contributed by atoms with Gasteiger partial charge in [-0.2, -0.15) is 0 Å². The summed E-state index contributed by atoms with van der Waals surface area (Å²) < 4.78 is 10.9. The average molecular weight is 288 g/mol. The first-order valence-corrected chi connectivity index (χ1v) is 6.83. The van der Waals surface area contributed by atoms with Gasteiger partial charge in [0.2, 0.25) is 5.88 Å². The molecule has 21 heavy (non-hydrogen) atoms. The van der Waals surface area contributed by atoms with Crippen molar-refractivity contribution in [3.63, 3.8) is 0 Å². The van der Waals surface area contributed by atoms with E-state index in [-0.39, 0.29) is 6.04 Å². The first-order valence-electron chi connectivity index (χ1n) is 6.83. The van der Waals surface area contributed by atoms with E-state index >= 15 is 0 Å². The number of methoxy groups -OCH3 is 1. The molecule has 0 bridgehead atoms. The van der Waals surface area contributed by atoms with Crippen LogP contribution in [0.1, 0.15) is 30.5 Å². The molecular weight excluding hydrogens is 268 g/mol. The van der Waals surface area contributed by atoms with E-state index in [0.29, 0.717) is 12.5 Å². The van der Waals surface area contributed by atoms with E-state index in [1.165, 1.54) is 0 Å². The molecule has 0 radical (unpaired) electrons. The van der Waals surface area contributed by atoms with Crippen molar-refractivity contribution >= 4 is 0 Å². The monoisotopic (exact) mass is 288 g/mol. The summed E-state index contributed by atoms with van der Waals surface area (Å²) in [6.45, 7) is 2.71. The maximum Gasteiger partial charge on any atom is 0.218 e. The fraction of sp³-hybridized carbons (Fsp3) is 0.333. The average Bonchev–Trinajstić information content (AvgIpc) is 2.54. The minimum absolute atomic E-state index is 0.272. The van der Waals surface area contributed by atoms with Gasteiger partial charge in [0.15, 0.2) is 0 Å². The Labute approximate surface area is 124 Å². The van der Waals surface area contributed by atoms with Gasteiger partial charge in [-0.1, -0.05) is 13.0 Å². The summed E-state index contributed by atoms with van der Waals surface area (Å²) in [6, 6.07) is 5.40. The lowest BCUT2D eigenvalue weighted by Crippen LogP contribution is -2.29. The normalized spacial score (nSPS) is 12.0. The summed E-state index contributed by atoms with van der Waals surface area (Å²) in [4.78, 5) is 8.40. The van der Waals surface area contributed by atoms with Crippen LogP contribution in [0.15, 0.2) is 36.8 Å². The van der Waals surface area contributed by atoms with Gasteiger partial charge in [-0.15, -0.1) is 0 Å². The van der Waals surface area contributed by atoms with E-state index in [1.807, 2.05) is 18.2 Å². The fourth-order valence-electron chi connectivity index (χ4n) is 2.05. The minimum atomic E-state index is -0.272. The molecule has 0 spiro atoms. The minimum Gasteiger partial charge on any atom is -0.492 e. The molecule has 6 nitrogen and oxygen atoms in total. The Morgan fingerprint density at radius 3 is 2.95 bits per heavy atom. The first kappa shape index (κ1) is 15.2. The molecule has 1 atom stereocenters. The number of nitrogens with one attached hydrogen (secondary N) is 1. The van der Waals surface area contributed by atoms with E-state index in [2.05, 4.69) is 22.3 Å². The maximum absolute atomic E-state index is 5.71. The predicted octanol–water partition coefficient (Wildman–Crippen LogP) is 1.83. The second kappa shape index (κ2) is 7.56. The molecule has 0 saturated heterocycles. The van der Waals surface area contributed by atoms with Crippen molar-refractivity contribution < 1.29 is 9.47 Å². The number of rotatable bonds is 7. The zero-order valence-corrected chi connectivity index (χ0v) is 12.2. The first-order chi connectivity index (χ1) is 10.3. The van der Waals surface area contributed by atoms with Gasteiger partial charge >= 0.3 is 0 Å². The van der Waals surface area contributed by atoms with Gasteiger partial charge < -0.3 is 9.47 Å². The summed E-state index contributed by atoms with van der Waals surface area (Å²) in [7, 11) is 1.58. The van der Waals surface area contributed by atoms with Crippen molar-refractivity contribution in [3.8, 4) is 11.6 Å². The molecule has 2 heterocycles. The predicted molar refractivity (Wildman–Crippen MR) is 80.0 cm³/mol. The number of hydrogen-bond donors (Lipinski definition) is 2. The molecule has 112 valence electrons. The maximum atomic E-state index is 5.71. The van der Waals surface area contributed by atoms with Crippen LogP contribution in [0.5, 0.6) is 11.6 Å². The van der Waals surface area contributed by atoms with Crippen molar-refractivity contribution in [1.82, 2.24) is 15.4 Å². The Morgan fingerprint density at radius 2 is 2.24 bits per heavy atom. The van der Waals surface area contributed by atoms with E-state index in [0.717, 1.165) is 23.3 Å². The Morgan fingerprint density at radius 1 is 1.38 bits per heavy atom. The van der Waals surface area contributed by atoms with Crippen molar-refractivity contribution in [2.75, 3.05) is 13.7 Å². The Kier molecular flexibility index (Phi) is 5.48. The second-order valence-electron chi connectivity index (χ2n) is 4.50. The lowest BCUT2D eigenvalue weighted by molar-refractivity contribution is 0.315. The van der Waals surface area contributed by atoms with Gasteiger partial charge in [0.25, 0.3) is 0 Å². The highest BCUT2D eigenvalue weighted by Gasteiger charge is 2.18. The van der Waals surface area contributed by atoms with Crippen LogP contribution >= 0.6 is 0 Å². The molecule has 2 aromatic heterocycles. The third-order valence-corrected chi connectivity index (χ3v) is 3.01. The molecule has 2 rings (SSSR count). The van der Waals surface area contributed by atoms with Crippen LogP contribution < -0.4 is 20.7 Å². The van der Waals surface area contributed by atoms with Crippen LogP contribution in [-0.2, 0) is 0 Å². The molecule has 0 aliphatic rings. The highest BCUT2D eigenvalue weighted by atomic mass is 16.5. The molecular formula is C15H20N4O2. The molecule has 6 heteroatoms. The molecule has 0 saturated carbocycles. The van der Waals surface area contributed by atoms with Gasteiger partial charge in [-0.25, -0.2) is 10.4 Å². The van der Waals surface area contributed by atoms with Crippen LogP contribution in [0.25, 0.3) is 0 Å². The molecule has 1 unspecified atom stereocenters. The SMILES string of the molecule is CCCOc1cncc(C(NN)c2cccnc2OC)c1. The smallest absolute Gasteiger partial charge is 0.218 e. The van der Waals surface area contributed by atoms with E-state index in [1.54, 1.807) is 25.7 Å². The topological polar surface area (TPSA) is 82.3 Å². The molecule has 2 aromatic rings. The molecule has 0 aliphatic heterocycles. The number of hydrazine groups is 1. The Bertz CT molecular complexity index is 577. The van der Waals surface area contributed by atoms with Crippen molar-refractivity contribution in [2.24, 2.45) is 5.84 Å². The summed E-state index contributed by atoms with van der Waals surface area (Å²) in [5, 5.41) is 0. The second-order valence-corrected chi connectivity index (χ2v) is 4.50. The molecule has 0 amide bonds. The zero-order valence-electron chi connectivity index (χ0n) is 12.2. The third-order valence-electron chi connectivity index (χ3n) is 3.01. The lowest BCUT2D eigenvalue weighted by Gasteiger charge is -2.19. The number of hydrogen-bond acceptors (Lipinski definition) is 6. The van der Waals surface area contributed by atoms with Gasteiger partial charge in [-0.05, 0) is 24.1 Å². The third kappa shape index (κ3) is 3.68. The summed E-state index contributed by atoms with van der Waals surface area (Å²) in [5.41, 5.74) is 4.51. The Hall–Kier alpha value is -2.18. The van der Waals surface area contributed by atoms with Crippen molar-refractivity contribution in [1.29, 1.82) is 0 Å². The molecule has 0 fully saturated rings. The summed E-state index contributed by atoms with van der Waals surface area (Å²) in [5.74, 6) is 6.96. The van der Waals surface area contributed by atoms with E-state index in [9.17, 15) is 0 Å². The lowest BCUT2D eigenvalue weighted by atomic mass is 10.0. The highest BCUT2D eigenvalue weighted by Crippen LogP contribution is 2.28. The van der Waals surface area contributed by atoms with Gasteiger partial charge in [0, 0.05) is 18.0 Å². The quantitative estimate of drug-likeness (QED) is 0.597. The fourth-order valence-corrected chi connectivity index (χ4v) is 2.05. The Balaban J connectivity index is 2.32. The highest BCUT2D eigenvalue weighted by molar-refractivity contribution is 5.38. The van der Waals surface area contributed by atoms with Gasteiger partial charge in [-0.3, -0.25) is 10.8 Å². The number of nitrogens with zero attached hydrogens (tertiary/aromatic N) is 2. The summed E-state index contributed by atoms with van der Waals surface area (Å²) in [6.07, 6.45) is 6.05. The number of nitrogens with two attached hydrogens (primary N) is 1. The van der Waals surface area contributed by atoms with E-state index in [4.69, 9.17) is 15.3 Å². The molecule has 3 N–H and O–H groups in total. The number of aromatic nitrogens is 2. The zero-order chi connectivity index (χ0) is 15.1. The van der Waals surface area contributed by atoms with Crippen LogP contribution in [0.2, 0.25) is 0 Å². The van der Waals surface area contributed by atoms with Crippen molar-refractivity contribution in [3.05, 3.63) is 47.9 Å². The van der Waals surface area contributed by atoms with Crippen LogP contribution in [0.4, 0.5) is 0 Å². The summed E-state index contributed by atoms with van der Waals surface area (Å²) >= 11 is 0. The van der Waals surface area contributed by atoms with Gasteiger partial charge in [0.05, 0.1) is 26.0 Å². The standard InChI is InChI=1S/C15H20N4O2/c1-3-7-21-12-8-11(9-17-10-12)14(19-16)13-5-4-6-18-15(13)20-2/h4-6,8-10,14,19H,3,7,16H2,1-2H3. The van der Waals surface area contributed by atoms with Crippen LogP contribution in [-0.4, -0.2) is 23.7 Å². The van der Waals surface area contributed by atoms with Crippen LogP contribution in [0.3, 0.4) is 0 Å². The van der Waals surface area contributed by atoms with E-state index < -0.39 is 0 Å². The van der Waals surface area contributed by atoms with Crippen molar-refractivity contribution in [2.45, 2.75) is 19.4 Å².